The molecule has 0 unspecified atom stereocenters. The molecular weight excluding hydrogens is 497 g/mol. The van der Waals surface area contributed by atoms with E-state index in [2.05, 4.69) is 25.9 Å². The van der Waals surface area contributed by atoms with Crippen LogP contribution in [0.5, 0.6) is 0 Å². The number of rotatable bonds is 7. The van der Waals surface area contributed by atoms with E-state index in [-0.39, 0.29) is 28.7 Å². The second-order valence-corrected chi connectivity index (χ2v) is 8.96. The summed E-state index contributed by atoms with van der Waals surface area (Å²) in [5, 5.41) is 8.22. The summed E-state index contributed by atoms with van der Waals surface area (Å²) < 4.78 is 40.1. The van der Waals surface area contributed by atoms with Crippen LogP contribution in [-0.2, 0) is 17.5 Å². The number of alkyl halides is 3. The Morgan fingerprint density at radius 3 is 2.53 bits per heavy atom. The van der Waals surface area contributed by atoms with E-state index in [1.54, 1.807) is 13.0 Å². The quantitative estimate of drug-likeness (QED) is 0.368. The molecule has 1 aromatic carbocycles. The van der Waals surface area contributed by atoms with Crippen LogP contribution in [0, 0.1) is 6.92 Å². The summed E-state index contributed by atoms with van der Waals surface area (Å²) in [6.45, 7) is 1.81. The third-order valence-electron chi connectivity index (χ3n) is 5.73. The maximum absolute atomic E-state index is 13.4. The van der Waals surface area contributed by atoms with Gasteiger partial charge in [-0.25, -0.2) is 0 Å². The summed E-state index contributed by atoms with van der Waals surface area (Å²) in [7, 11) is 0. The maximum Gasteiger partial charge on any atom is 0.418 e. The lowest BCUT2D eigenvalue weighted by Crippen LogP contribution is -2.48. The first-order valence-electron chi connectivity index (χ1n) is 10.9. The highest BCUT2D eigenvalue weighted by molar-refractivity contribution is 6.30. The molecule has 2 heterocycles. The number of aryl methyl sites for hydroxylation is 1. The number of hydrogen-bond donors (Lipinski definition) is 4. The molecular formula is C24H22ClF3N6O2. The van der Waals surface area contributed by atoms with Crippen LogP contribution in [0.25, 0.3) is 0 Å². The minimum Gasteiger partial charge on any atom is -0.397 e. The second kappa shape index (κ2) is 9.65. The Hall–Kier alpha value is -3.86. The molecule has 36 heavy (non-hydrogen) atoms. The van der Waals surface area contributed by atoms with Gasteiger partial charge in [0.1, 0.15) is 5.54 Å². The zero-order valence-corrected chi connectivity index (χ0v) is 19.8. The summed E-state index contributed by atoms with van der Waals surface area (Å²) in [5.74, 6) is -0.806. The van der Waals surface area contributed by atoms with E-state index in [9.17, 15) is 22.8 Å². The number of nitrogens with zero attached hydrogens (tertiary/aromatic N) is 2. The van der Waals surface area contributed by atoms with Crippen molar-refractivity contribution < 1.29 is 22.8 Å². The van der Waals surface area contributed by atoms with Crippen molar-refractivity contribution in [3.63, 3.8) is 0 Å². The summed E-state index contributed by atoms with van der Waals surface area (Å²) in [6, 6.07) is 6.56. The SMILES string of the molecule is Cc1cc(Nc2ccc(Cl)cc2C(F)(F)F)cnc1CNC(=O)C1(NC(=O)c2cncc(N)c2)CC1. The largest absolute Gasteiger partial charge is 0.418 e. The van der Waals surface area contributed by atoms with Crippen molar-refractivity contribution in [2.45, 2.75) is 38.0 Å². The Balaban J connectivity index is 1.39. The molecule has 0 saturated heterocycles. The molecule has 2 aromatic heterocycles. The number of halogens is 4. The van der Waals surface area contributed by atoms with E-state index in [1.807, 2.05) is 0 Å². The van der Waals surface area contributed by atoms with Crippen LogP contribution in [0.4, 0.5) is 30.2 Å². The normalized spacial score (nSPS) is 14.1. The van der Waals surface area contributed by atoms with Crippen LogP contribution in [0.1, 0.15) is 40.0 Å². The van der Waals surface area contributed by atoms with Crippen LogP contribution in [-0.4, -0.2) is 27.3 Å². The van der Waals surface area contributed by atoms with Gasteiger partial charge < -0.3 is 21.7 Å². The van der Waals surface area contributed by atoms with Gasteiger partial charge in [-0.05, 0) is 55.7 Å². The van der Waals surface area contributed by atoms with Gasteiger partial charge in [0.25, 0.3) is 5.91 Å². The van der Waals surface area contributed by atoms with E-state index < -0.39 is 23.2 Å². The average molecular weight is 519 g/mol. The molecule has 188 valence electrons. The van der Waals surface area contributed by atoms with Crippen LogP contribution < -0.4 is 21.7 Å². The van der Waals surface area contributed by atoms with Gasteiger partial charge in [-0.2, -0.15) is 13.2 Å². The lowest BCUT2D eigenvalue weighted by molar-refractivity contribution is -0.137. The molecule has 0 aliphatic heterocycles. The molecule has 1 aliphatic carbocycles. The topological polar surface area (TPSA) is 122 Å². The standard InChI is InChI=1S/C24H22ClF3N6O2/c1-13-6-17(33-19-3-2-15(25)8-18(19)24(26,27)28)11-31-20(13)12-32-22(36)23(4-5-23)34-21(35)14-7-16(29)10-30-9-14/h2-3,6-11,33H,4-5,12,29H2,1H3,(H,32,36)(H,34,35). The van der Waals surface area contributed by atoms with Gasteiger partial charge in [0.15, 0.2) is 0 Å². The van der Waals surface area contributed by atoms with Gasteiger partial charge in [0.05, 0.1) is 46.6 Å². The number of nitrogens with two attached hydrogens (primary N) is 1. The summed E-state index contributed by atoms with van der Waals surface area (Å²) in [6.07, 6.45) is 0.542. The lowest BCUT2D eigenvalue weighted by atomic mass is 10.1. The molecule has 4 rings (SSSR count). The minimum absolute atomic E-state index is 0.0255. The van der Waals surface area contributed by atoms with Gasteiger partial charge in [-0.3, -0.25) is 19.6 Å². The summed E-state index contributed by atoms with van der Waals surface area (Å²) in [5.41, 5.74) is 5.71. The zero-order valence-electron chi connectivity index (χ0n) is 19.0. The number of amides is 2. The fourth-order valence-corrected chi connectivity index (χ4v) is 3.78. The molecule has 12 heteroatoms. The molecule has 0 bridgehead atoms. The predicted octanol–water partition coefficient (Wildman–Crippen LogP) is 4.36. The summed E-state index contributed by atoms with van der Waals surface area (Å²) >= 11 is 5.73. The van der Waals surface area contributed by atoms with Gasteiger partial charge in [-0.15, -0.1) is 0 Å². The van der Waals surface area contributed by atoms with E-state index in [4.69, 9.17) is 17.3 Å². The third kappa shape index (κ3) is 5.68. The van der Waals surface area contributed by atoms with Crippen molar-refractivity contribution in [2.75, 3.05) is 11.1 Å². The van der Waals surface area contributed by atoms with Crippen molar-refractivity contribution in [3.8, 4) is 0 Å². The lowest BCUT2D eigenvalue weighted by Gasteiger charge is -2.18. The maximum atomic E-state index is 13.4. The Bertz CT molecular complexity index is 1330. The first kappa shape index (κ1) is 25.2. The number of carbonyl (C=O) groups excluding carboxylic acids is 2. The van der Waals surface area contributed by atoms with Crippen LogP contribution in [0.2, 0.25) is 5.02 Å². The first-order valence-corrected chi connectivity index (χ1v) is 11.3. The second-order valence-electron chi connectivity index (χ2n) is 8.53. The van der Waals surface area contributed by atoms with E-state index in [0.29, 0.717) is 35.5 Å². The number of nitrogen functional groups attached to an aromatic ring is 1. The number of carbonyl (C=O) groups is 2. The molecule has 2 amide bonds. The summed E-state index contributed by atoms with van der Waals surface area (Å²) in [4.78, 5) is 33.4. The van der Waals surface area contributed by atoms with E-state index >= 15 is 0 Å². The molecule has 0 atom stereocenters. The van der Waals surface area contributed by atoms with Crippen molar-refractivity contribution in [1.82, 2.24) is 20.6 Å². The Labute approximate surface area is 209 Å². The molecule has 1 fully saturated rings. The molecule has 0 radical (unpaired) electrons. The van der Waals surface area contributed by atoms with Crippen LogP contribution >= 0.6 is 11.6 Å². The van der Waals surface area contributed by atoms with Crippen molar-refractivity contribution in [1.29, 1.82) is 0 Å². The number of pyridine rings is 2. The van der Waals surface area contributed by atoms with Gasteiger partial charge in [0, 0.05) is 17.4 Å². The number of nitrogens with one attached hydrogen (secondary N) is 3. The smallest absolute Gasteiger partial charge is 0.397 e. The molecule has 1 saturated carbocycles. The monoisotopic (exact) mass is 518 g/mol. The minimum atomic E-state index is -4.59. The highest BCUT2D eigenvalue weighted by atomic mass is 35.5. The number of benzene rings is 1. The highest BCUT2D eigenvalue weighted by Crippen LogP contribution is 2.38. The predicted molar refractivity (Wildman–Crippen MR) is 129 cm³/mol. The van der Waals surface area contributed by atoms with Crippen molar-refractivity contribution in [2.24, 2.45) is 0 Å². The number of anilines is 3. The zero-order chi connectivity index (χ0) is 26.1. The number of aromatic nitrogens is 2. The van der Waals surface area contributed by atoms with Crippen LogP contribution in [0.3, 0.4) is 0 Å². The number of hydrogen-bond acceptors (Lipinski definition) is 6. The fraction of sp³-hybridized carbons (Fsp3) is 0.250. The van der Waals surface area contributed by atoms with Gasteiger partial charge in [0.2, 0.25) is 5.91 Å². The highest BCUT2D eigenvalue weighted by Gasteiger charge is 2.51. The molecule has 0 spiro atoms. The van der Waals surface area contributed by atoms with Gasteiger partial charge in [-0.1, -0.05) is 11.6 Å². The molecule has 1 aliphatic rings. The van der Waals surface area contributed by atoms with Crippen molar-refractivity contribution >= 4 is 40.5 Å². The Morgan fingerprint density at radius 1 is 1.14 bits per heavy atom. The van der Waals surface area contributed by atoms with Gasteiger partial charge >= 0.3 is 6.18 Å². The van der Waals surface area contributed by atoms with Crippen molar-refractivity contribution in [3.05, 3.63) is 76.3 Å². The van der Waals surface area contributed by atoms with Crippen LogP contribution in [0.15, 0.2) is 48.9 Å². The van der Waals surface area contributed by atoms with E-state index in [1.165, 1.54) is 36.8 Å². The Morgan fingerprint density at radius 2 is 1.89 bits per heavy atom. The molecule has 8 nitrogen and oxygen atoms in total. The van der Waals surface area contributed by atoms with E-state index in [0.717, 1.165) is 6.07 Å². The fourth-order valence-electron chi connectivity index (χ4n) is 3.61. The average Bonchev–Trinajstić information content (AvgIpc) is 3.59. The Kier molecular flexibility index (Phi) is 6.77. The first-order chi connectivity index (χ1) is 17.0. The molecule has 5 N–H and O–H groups in total. The molecule has 3 aromatic rings. The third-order valence-corrected chi connectivity index (χ3v) is 5.96.